The molecule has 0 spiro atoms. The molecular weight excluding hydrogens is 261 g/mol. The monoisotopic (exact) mass is 279 g/mol. The van der Waals surface area contributed by atoms with Crippen LogP contribution >= 0.6 is 0 Å². The van der Waals surface area contributed by atoms with Crippen molar-refractivity contribution in [3.05, 3.63) is 35.7 Å². The first-order valence-corrected chi connectivity index (χ1v) is 6.54. The Kier molecular flexibility index (Phi) is 4.74. The van der Waals surface area contributed by atoms with E-state index in [1.807, 2.05) is 0 Å². The third-order valence-corrected chi connectivity index (χ3v) is 3.38. The fourth-order valence-corrected chi connectivity index (χ4v) is 2.48. The minimum absolute atomic E-state index is 0.359. The summed E-state index contributed by atoms with van der Waals surface area (Å²) in [5.41, 5.74) is 1.34. The zero-order valence-electron chi connectivity index (χ0n) is 11.4. The molecule has 1 aromatic rings. The number of hydrogen-bond acceptors (Lipinski definition) is 3. The van der Waals surface area contributed by atoms with Crippen molar-refractivity contribution in [2.24, 2.45) is 5.92 Å². The molecule has 2 rings (SSSR count). The fraction of sp³-hybridized carbons (Fsp3) is 0.400. The predicted molar refractivity (Wildman–Crippen MR) is 75.3 cm³/mol. The van der Waals surface area contributed by atoms with E-state index in [2.05, 4.69) is 4.90 Å². The molecule has 5 heteroatoms. The van der Waals surface area contributed by atoms with Crippen molar-refractivity contribution in [1.29, 1.82) is 0 Å². The van der Waals surface area contributed by atoms with Gasteiger partial charge in [-0.25, -0.2) is 9.18 Å². The van der Waals surface area contributed by atoms with Crippen molar-refractivity contribution in [2.75, 3.05) is 31.7 Å². The molecule has 0 amide bonds. The van der Waals surface area contributed by atoms with E-state index in [-0.39, 0.29) is 5.82 Å². The molecule has 0 bridgehead atoms. The molecule has 1 heterocycles. The van der Waals surface area contributed by atoms with Crippen LogP contribution in [0.3, 0.4) is 0 Å². The zero-order valence-corrected chi connectivity index (χ0v) is 11.4. The highest BCUT2D eigenvalue weighted by Crippen LogP contribution is 2.26. The van der Waals surface area contributed by atoms with Crippen molar-refractivity contribution in [2.45, 2.75) is 6.42 Å². The quantitative estimate of drug-likeness (QED) is 0.841. The number of rotatable bonds is 5. The second-order valence-corrected chi connectivity index (χ2v) is 4.97. The van der Waals surface area contributed by atoms with Crippen LogP contribution in [0.5, 0.6) is 0 Å². The van der Waals surface area contributed by atoms with Gasteiger partial charge in [0.25, 0.3) is 0 Å². The lowest BCUT2D eigenvalue weighted by Gasteiger charge is -2.19. The number of hydrogen-bond donors (Lipinski definition) is 1. The first kappa shape index (κ1) is 14.5. The second-order valence-electron chi connectivity index (χ2n) is 4.97. The van der Waals surface area contributed by atoms with Gasteiger partial charge in [-0.3, -0.25) is 0 Å². The average Bonchev–Trinajstić information content (AvgIpc) is 2.85. The summed E-state index contributed by atoms with van der Waals surface area (Å²) in [6.45, 7) is 2.40. The summed E-state index contributed by atoms with van der Waals surface area (Å²) in [5, 5.41) is 8.61. The normalized spacial score (nSPS) is 18.9. The van der Waals surface area contributed by atoms with Crippen molar-refractivity contribution >= 4 is 17.7 Å². The highest BCUT2D eigenvalue weighted by molar-refractivity contribution is 5.85. The van der Waals surface area contributed by atoms with E-state index in [1.54, 1.807) is 13.2 Å². The van der Waals surface area contributed by atoms with E-state index in [4.69, 9.17) is 9.84 Å². The Morgan fingerprint density at radius 1 is 1.55 bits per heavy atom. The Bertz CT molecular complexity index is 516. The molecule has 1 saturated heterocycles. The van der Waals surface area contributed by atoms with Gasteiger partial charge in [-0.2, -0.15) is 0 Å². The number of halogens is 1. The summed E-state index contributed by atoms with van der Waals surface area (Å²) in [5.74, 6) is -0.943. The summed E-state index contributed by atoms with van der Waals surface area (Å²) < 4.78 is 18.8. The average molecular weight is 279 g/mol. The summed E-state index contributed by atoms with van der Waals surface area (Å²) in [7, 11) is 1.68. The van der Waals surface area contributed by atoms with Crippen LogP contribution in [-0.4, -0.2) is 37.9 Å². The molecule has 0 saturated carbocycles. The molecule has 4 nitrogen and oxygen atoms in total. The van der Waals surface area contributed by atoms with Crippen molar-refractivity contribution in [1.82, 2.24) is 0 Å². The van der Waals surface area contributed by atoms with Gasteiger partial charge in [0, 0.05) is 37.9 Å². The topological polar surface area (TPSA) is 49.8 Å². The minimum atomic E-state index is -1.04. The molecule has 1 N–H and O–H groups in total. The number of carboxylic acids is 1. The van der Waals surface area contributed by atoms with E-state index < -0.39 is 5.97 Å². The van der Waals surface area contributed by atoms with Crippen LogP contribution in [0.25, 0.3) is 6.08 Å². The molecule has 1 unspecified atom stereocenters. The van der Waals surface area contributed by atoms with E-state index in [9.17, 15) is 9.18 Å². The van der Waals surface area contributed by atoms with Crippen LogP contribution in [-0.2, 0) is 9.53 Å². The Hall–Kier alpha value is -1.88. The van der Waals surface area contributed by atoms with Crippen LogP contribution in [0, 0.1) is 11.7 Å². The van der Waals surface area contributed by atoms with Crippen molar-refractivity contribution in [3.8, 4) is 0 Å². The van der Waals surface area contributed by atoms with E-state index >= 15 is 0 Å². The third kappa shape index (κ3) is 3.81. The molecule has 0 aromatic heterocycles. The van der Waals surface area contributed by atoms with Gasteiger partial charge >= 0.3 is 5.97 Å². The molecule has 0 radical (unpaired) electrons. The third-order valence-electron chi connectivity index (χ3n) is 3.38. The van der Waals surface area contributed by atoms with Gasteiger partial charge in [-0.1, -0.05) is 0 Å². The molecule has 1 aromatic carbocycles. The summed E-state index contributed by atoms with van der Waals surface area (Å²) in [6, 6.07) is 4.61. The van der Waals surface area contributed by atoms with Crippen molar-refractivity contribution < 1.29 is 19.0 Å². The standard InChI is InChI=1S/C15H18FNO3/c1-20-10-12-4-5-17(9-12)14-7-11(2-3-15(18)19)6-13(16)8-14/h2-3,6-8,12H,4-5,9-10H2,1H3,(H,18,19)/b3-2+. The lowest BCUT2D eigenvalue weighted by molar-refractivity contribution is -0.131. The molecule has 20 heavy (non-hydrogen) atoms. The number of carboxylic acid groups (broad SMARTS) is 1. The largest absolute Gasteiger partial charge is 0.478 e. The van der Waals surface area contributed by atoms with Gasteiger partial charge in [0.15, 0.2) is 0 Å². The summed E-state index contributed by atoms with van der Waals surface area (Å²) >= 11 is 0. The second kappa shape index (κ2) is 6.52. The smallest absolute Gasteiger partial charge is 0.328 e. The van der Waals surface area contributed by atoms with Gasteiger partial charge in [0.2, 0.25) is 0 Å². The maximum absolute atomic E-state index is 13.6. The molecule has 0 aliphatic carbocycles. The van der Waals surface area contributed by atoms with Gasteiger partial charge < -0.3 is 14.7 Å². The van der Waals surface area contributed by atoms with Gasteiger partial charge in [0.1, 0.15) is 5.82 Å². The van der Waals surface area contributed by atoms with Crippen molar-refractivity contribution in [3.63, 3.8) is 0 Å². The van der Waals surface area contributed by atoms with Crippen LogP contribution in [0.2, 0.25) is 0 Å². The number of anilines is 1. The highest BCUT2D eigenvalue weighted by Gasteiger charge is 2.22. The minimum Gasteiger partial charge on any atom is -0.478 e. The molecular formula is C15H18FNO3. The van der Waals surface area contributed by atoms with E-state index in [1.165, 1.54) is 18.2 Å². The Balaban J connectivity index is 2.14. The SMILES string of the molecule is COCC1CCN(c2cc(F)cc(/C=C/C(=O)O)c2)C1. The number of benzene rings is 1. The number of nitrogens with zero attached hydrogens (tertiary/aromatic N) is 1. The van der Waals surface area contributed by atoms with E-state index in [0.29, 0.717) is 18.1 Å². The molecule has 1 aliphatic rings. The number of carbonyl (C=O) groups is 1. The predicted octanol–water partition coefficient (Wildman–Crippen LogP) is 2.40. The van der Waals surface area contributed by atoms with E-state index in [0.717, 1.165) is 31.3 Å². The Morgan fingerprint density at radius 2 is 2.35 bits per heavy atom. The highest BCUT2D eigenvalue weighted by atomic mass is 19.1. The number of ether oxygens (including phenoxy) is 1. The maximum Gasteiger partial charge on any atom is 0.328 e. The Morgan fingerprint density at radius 3 is 3.05 bits per heavy atom. The molecule has 1 aliphatic heterocycles. The van der Waals surface area contributed by atoms with Crippen LogP contribution in [0.4, 0.5) is 10.1 Å². The van der Waals surface area contributed by atoms with Gasteiger partial charge in [0.05, 0.1) is 6.61 Å². The van der Waals surface area contributed by atoms with Crippen LogP contribution < -0.4 is 4.90 Å². The first-order valence-electron chi connectivity index (χ1n) is 6.54. The summed E-state index contributed by atoms with van der Waals surface area (Å²) in [6.07, 6.45) is 3.43. The van der Waals surface area contributed by atoms with Gasteiger partial charge in [-0.15, -0.1) is 0 Å². The molecule has 108 valence electrons. The summed E-state index contributed by atoms with van der Waals surface area (Å²) in [4.78, 5) is 12.6. The molecule has 1 fully saturated rings. The van der Waals surface area contributed by atoms with Gasteiger partial charge in [-0.05, 0) is 36.3 Å². The lowest BCUT2D eigenvalue weighted by atomic mass is 10.1. The molecule has 1 atom stereocenters. The first-order chi connectivity index (χ1) is 9.58. The number of methoxy groups -OCH3 is 1. The zero-order chi connectivity index (χ0) is 14.5. The fourth-order valence-electron chi connectivity index (χ4n) is 2.48. The number of aliphatic carboxylic acids is 1. The lowest BCUT2D eigenvalue weighted by Crippen LogP contribution is -2.21. The Labute approximate surface area is 117 Å². The van der Waals surface area contributed by atoms with Crippen LogP contribution in [0.15, 0.2) is 24.3 Å². The maximum atomic E-state index is 13.6. The van der Waals surface area contributed by atoms with Crippen LogP contribution in [0.1, 0.15) is 12.0 Å².